The number of nitrogens with one attached hydrogen (secondary N) is 2. The molecule has 0 radical (unpaired) electrons. The van der Waals surface area contributed by atoms with Crippen LogP contribution < -0.4 is 10.6 Å². The summed E-state index contributed by atoms with van der Waals surface area (Å²) >= 11 is 0. The van der Waals surface area contributed by atoms with Gasteiger partial charge in [-0.3, -0.25) is 9.59 Å². The molecule has 2 aromatic carbocycles. The van der Waals surface area contributed by atoms with Crippen molar-refractivity contribution in [2.75, 3.05) is 20.1 Å². The number of amides is 2. The number of rotatable bonds is 7. The van der Waals surface area contributed by atoms with E-state index in [4.69, 9.17) is 0 Å². The van der Waals surface area contributed by atoms with E-state index >= 15 is 0 Å². The summed E-state index contributed by atoms with van der Waals surface area (Å²) in [6.45, 7) is 1.48. The molecule has 0 saturated heterocycles. The van der Waals surface area contributed by atoms with Gasteiger partial charge in [0, 0.05) is 32.5 Å². The van der Waals surface area contributed by atoms with E-state index in [0.29, 0.717) is 38.9 Å². The molecule has 156 valence electrons. The number of hydrogen-bond acceptors (Lipinski definition) is 3. The van der Waals surface area contributed by atoms with Crippen molar-refractivity contribution in [2.45, 2.75) is 31.8 Å². The molecule has 5 nitrogen and oxygen atoms in total. The normalized spacial score (nSPS) is 15.2. The van der Waals surface area contributed by atoms with Crippen LogP contribution in [0.2, 0.25) is 0 Å². The minimum absolute atomic E-state index is 0. The SMILES string of the molecule is CNCCC(=O)N1Cc2ccccc2CC1C(=O)NCCc1ccc(F)cc1.Cl. The second kappa shape index (κ2) is 10.9. The lowest BCUT2D eigenvalue weighted by atomic mass is 9.93. The van der Waals surface area contributed by atoms with Gasteiger partial charge >= 0.3 is 0 Å². The first-order valence-corrected chi connectivity index (χ1v) is 9.61. The summed E-state index contributed by atoms with van der Waals surface area (Å²) in [5.74, 6) is -0.443. The third-order valence-electron chi connectivity index (χ3n) is 5.09. The minimum atomic E-state index is -0.507. The quantitative estimate of drug-likeness (QED) is 0.724. The Morgan fingerprint density at radius 3 is 2.45 bits per heavy atom. The zero-order chi connectivity index (χ0) is 19.9. The van der Waals surface area contributed by atoms with Gasteiger partial charge in [0.05, 0.1) is 0 Å². The van der Waals surface area contributed by atoms with Crippen LogP contribution in [0.3, 0.4) is 0 Å². The van der Waals surface area contributed by atoms with Gasteiger partial charge in [-0.1, -0.05) is 36.4 Å². The highest BCUT2D eigenvalue weighted by Crippen LogP contribution is 2.24. The second-order valence-electron chi connectivity index (χ2n) is 7.03. The largest absolute Gasteiger partial charge is 0.354 e. The predicted octanol–water partition coefficient (Wildman–Crippen LogP) is 2.47. The highest BCUT2D eigenvalue weighted by Gasteiger charge is 2.33. The second-order valence-corrected chi connectivity index (χ2v) is 7.03. The predicted molar refractivity (Wildman–Crippen MR) is 113 cm³/mol. The Kier molecular flexibility index (Phi) is 8.61. The Bertz CT molecular complexity index is 829. The minimum Gasteiger partial charge on any atom is -0.354 e. The molecule has 1 heterocycles. The molecular weight excluding hydrogens is 393 g/mol. The van der Waals surface area contributed by atoms with E-state index in [9.17, 15) is 14.0 Å². The van der Waals surface area contributed by atoms with Crippen molar-refractivity contribution >= 4 is 24.2 Å². The Hall–Kier alpha value is -2.44. The molecule has 1 atom stereocenters. The molecule has 1 unspecified atom stereocenters. The molecule has 2 N–H and O–H groups in total. The standard InChI is InChI=1S/C22H26FN3O2.ClH/c1-24-12-11-21(27)26-15-18-5-3-2-4-17(18)14-20(26)22(28)25-13-10-16-6-8-19(23)9-7-16;/h2-9,20,24H,10-15H2,1H3,(H,25,28);1H. The lowest BCUT2D eigenvalue weighted by molar-refractivity contribution is -0.141. The average Bonchev–Trinajstić information content (AvgIpc) is 2.72. The van der Waals surface area contributed by atoms with E-state index in [2.05, 4.69) is 10.6 Å². The number of carbonyl (C=O) groups excluding carboxylic acids is 2. The molecule has 0 bridgehead atoms. The fraction of sp³-hybridized carbons (Fsp3) is 0.364. The first-order chi connectivity index (χ1) is 13.6. The summed E-state index contributed by atoms with van der Waals surface area (Å²) in [6.07, 6.45) is 1.49. The summed E-state index contributed by atoms with van der Waals surface area (Å²) in [7, 11) is 1.80. The third kappa shape index (κ3) is 6.02. The van der Waals surface area contributed by atoms with Gasteiger partial charge in [-0.05, 0) is 42.3 Å². The number of halogens is 2. The van der Waals surface area contributed by atoms with E-state index in [-0.39, 0.29) is 30.0 Å². The van der Waals surface area contributed by atoms with Crippen LogP contribution >= 0.6 is 12.4 Å². The number of nitrogens with zero attached hydrogens (tertiary/aromatic N) is 1. The summed E-state index contributed by atoms with van der Waals surface area (Å²) in [6, 6.07) is 13.7. The smallest absolute Gasteiger partial charge is 0.243 e. The van der Waals surface area contributed by atoms with Gasteiger partial charge in [0.25, 0.3) is 0 Å². The average molecular weight is 420 g/mol. The van der Waals surface area contributed by atoms with Gasteiger partial charge in [-0.25, -0.2) is 4.39 Å². The van der Waals surface area contributed by atoms with Crippen LogP contribution in [0.4, 0.5) is 4.39 Å². The van der Waals surface area contributed by atoms with Gasteiger partial charge in [-0.2, -0.15) is 0 Å². The topological polar surface area (TPSA) is 61.4 Å². The molecule has 0 aromatic heterocycles. The first-order valence-electron chi connectivity index (χ1n) is 9.61. The zero-order valence-corrected chi connectivity index (χ0v) is 17.3. The Morgan fingerprint density at radius 1 is 1.07 bits per heavy atom. The van der Waals surface area contributed by atoms with Crippen molar-refractivity contribution in [2.24, 2.45) is 0 Å². The lowest BCUT2D eigenvalue weighted by Crippen LogP contribution is -2.53. The van der Waals surface area contributed by atoms with Crippen molar-refractivity contribution in [3.63, 3.8) is 0 Å². The molecule has 2 amide bonds. The van der Waals surface area contributed by atoms with Crippen LogP contribution in [0.25, 0.3) is 0 Å². The summed E-state index contributed by atoms with van der Waals surface area (Å²) in [5, 5.41) is 5.93. The van der Waals surface area contributed by atoms with E-state index in [1.807, 2.05) is 24.3 Å². The molecule has 0 aliphatic carbocycles. The van der Waals surface area contributed by atoms with Gasteiger partial charge in [-0.15, -0.1) is 12.4 Å². The lowest BCUT2D eigenvalue weighted by Gasteiger charge is -2.36. The van der Waals surface area contributed by atoms with Crippen LogP contribution in [0.15, 0.2) is 48.5 Å². The van der Waals surface area contributed by atoms with Crippen LogP contribution in [-0.2, 0) is 29.0 Å². The van der Waals surface area contributed by atoms with Crippen molar-refractivity contribution in [3.05, 3.63) is 71.0 Å². The monoisotopic (exact) mass is 419 g/mol. The molecule has 29 heavy (non-hydrogen) atoms. The number of carbonyl (C=O) groups is 2. The Balaban J connectivity index is 0.00000300. The molecule has 1 aliphatic heterocycles. The van der Waals surface area contributed by atoms with Gasteiger partial charge in [0.15, 0.2) is 0 Å². The molecule has 2 aromatic rings. The highest BCUT2D eigenvalue weighted by molar-refractivity contribution is 5.88. The number of benzene rings is 2. The fourth-order valence-electron chi connectivity index (χ4n) is 3.49. The Morgan fingerprint density at radius 2 is 1.76 bits per heavy atom. The Labute approximate surface area is 177 Å². The fourth-order valence-corrected chi connectivity index (χ4v) is 3.49. The van der Waals surface area contributed by atoms with E-state index in [0.717, 1.165) is 16.7 Å². The van der Waals surface area contributed by atoms with Gasteiger partial charge in [0.1, 0.15) is 11.9 Å². The van der Waals surface area contributed by atoms with Gasteiger partial charge in [0.2, 0.25) is 11.8 Å². The third-order valence-corrected chi connectivity index (χ3v) is 5.09. The van der Waals surface area contributed by atoms with Crippen LogP contribution in [0.1, 0.15) is 23.1 Å². The highest BCUT2D eigenvalue weighted by atomic mass is 35.5. The molecule has 0 fully saturated rings. The first kappa shape index (κ1) is 22.8. The molecule has 7 heteroatoms. The maximum Gasteiger partial charge on any atom is 0.243 e. The summed E-state index contributed by atoms with van der Waals surface area (Å²) in [5.41, 5.74) is 3.16. The van der Waals surface area contributed by atoms with Crippen molar-refractivity contribution < 1.29 is 14.0 Å². The van der Waals surface area contributed by atoms with E-state index in [1.165, 1.54) is 12.1 Å². The van der Waals surface area contributed by atoms with Crippen molar-refractivity contribution in [3.8, 4) is 0 Å². The van der Waals surface area contributed by atoms with Crippen molar-refractivity contribution in [1.29, 1.82) is 0 Å². The number of fused-ring (bicyclic) bond motifs is 1. The van der Waals surface area contributed by atoms with Crippen LogP contribution in [0, 0.1) is 5.82 Å². The molecular formula is C22H27ClFN3O2. The number of hydrogen-bond donors (Lipinski definition) is 2. The summed E-state index contributed by atoms with van der Waals surface area (Å²) < 4.78 is 13.0. The van der Waals surface area contributed by atoms with Crippen LogP contribution in [-0.4, -0.2) is 42.9 Å². The summed E-state index contributed by atoms with van der Waals surface area (Å²) in [4.78, 5) is 27.2. The maximum atomic E-state index is 13.0. The molecule has 0 spiro atoms. The maximum absolute atomic E-state index is 13.0. The van der Waals surface area contributed by atoms with E-state index in [1.54, 1.807) is 24.1 Å². The van der Waals surface area contributed by atoms with Crippen molar-refractivity contribution in [1.82, 2.24) is 15.5 Å². The molecule has 1 aliphatic rings. The molecule has 3 rings (SSSR count). The van der Waals surface area contributed by atoms with Gasteiger partial charge < -0.3 is 15.5 Å². The van der Waals surface area contributed by atoms with Crippen LogP contribution in [0.5, 0.6) is 0 Å². The zero-order valence-electron chi connectivity index (χ0n) is 16.5. The van der Waals surface area contributed by atoms with E-state index < -0.39 is 6.04 Å². The molecule has 0 saturated carbocycles.